The molecule has 1 aromatic carbocycles. The molecule has 0 fully saturated rings. The first-order chi connectivity index (χ1) is 10.8. The van der Waals surface area contributed by atoms with Crippen LogP contribution in [-0.2, 0) is 11.3 Å². The molecule has 0 aliphatic heterocycles. The molecular formula is C17H22ClN3O2. The number of anilines is 1. The van der Waals surface area contributed by atoms with Crippen LogP contribution in [0.2, 0.25) is 5.02 Å². The monoisotopic (exact) mass is 335 g/mol. The smallest absolute Gasteiger partial charge is 0.225 e. The van der Waals surface area contributed by atoms with Crippen LogP contribution in [0.4, 0.5) is 5.69 Å². The fourth-order valence-corrected chi connectivity index (χ4v) is 2.78. The first-order valence-corrected chi connectivity index (χ1v) is 7.90. The van der Waals surface area contributed by atoms with Gasteiger partial charge in [-0.3, -0.25) is 9.69 Å². The third-order valence-electron chi connectivity index (χ3n) is 3.53. The normalized spacial score (nSPS) is 11.0. The van der Waals surface area contributed by atoms with Crippen LogP contribution in [0, 0.1) is 20.8 Å². The van der Waals surface area contributed by atoms with E-state index in [1.165, 1.54) is 0 Å². The summed E-state index contributed by atoms with van der Waals surface area (Å²) in [6.07, 6.45) is 0.386. The number of carbonyl (C=O) groups is 1. The van der Waals surface area contributed by atoms with Crippen LogP contribution in [0.15, 0.2) is 22.7 Å². The summed E-state index contributed by atoms with van der Waals surface area (Å²) in [6.45, 7) is 7.05. The van der Waals surface area contributed by atoms with E-state index in [2.05, 4.69) is 10.5 Å². The summed E-state index contributed by atoms with van der Waals surface area (Å²) in [6, 6.07) is 5.75. The lowest BCUT2D eigenvalue weighted by molar-refractivity contribution is -0.116. The number of rotatable bonds is 6. The number of nitrogens with zero attached hydrogens (tertiary/aromatic N) is 2. The maximum Gasteiger partial charge on any atom is 0.225 e. The molecule has 0 saturated carbocycles. The minimum Gasteiger partial charge on any atom is -0.361 e. The number of benzene rings is 1. The number of aryl methyl sites for hydroxylation is 3. The van der Waals surface area contributed by atoms with Gasteiger partial charge in [-0.1, -0.05) is 22.8 Å². The Bertz CT molecular complexity index is 674. The number of carbonyl (C=O) groups excluding carboxylic acids is 1. The summed E-state index contributed by atoms with van der Waals surface area (Å²) < 4.78 is 5.04. The summed E-state index contributed by atoms with van der Waals surface area (Å²) in [5, 5.41) is 7.42. The number of aromatic nitrogens is 1. The first-order valence-electron chi connectivity index (χ1n) is 7.52. The van der Waals surface area contributed by atoms with Gasteiger partial charge in [-0.2, -0.15) is 0 Å². The zero-order valence-corrected chi connectivity index (χ0v) is 14.7. The average Bonchev–Trinajstić information content (AvgIpc) is 2.85. The molecular weight excluding hydrogens is 314 g/mol. The molecule has 0 saturated heterocycles. The molecule has 0 radical (unpaired) electrons. The van der Waals surface area contributed by atoms with Gasteiger partial charge in [0.1, 0.15) is 5.76 Å². The quantitative estimate of drug-likeness (QED) is 0.874. The number of hydrogen-bond acceptors (Lipinski definition) is 4. The molecule has 2 aromatic rings. The Balaban J connectivity index is 1.85. The highest BCUT2D eigenvalue weighted by Crippen LogP contribution is 2.27. The molecule has 0 atom stereocenters. The molecule has 0 bridgehead atoms. The second-order valence-electron chi connectivity index (χ2n) is 5.90. The predicted octanol–water partition coefficient (Wildman–Crippen LogP) is 3.71. The van der Waals surface area contributed by atoms with Gasteiger partial charge in [0.05, 0.1) is 16.4 Å². The van der Waals surface area contributed by atoms with Gasteiger partial charge < -0.3 is 9.84 Å². The van der Waals surface area contributed by atoms with Gasteiger partial charge >= 0.3 is 0 Å². The number of halogens is 1. The van der Waals surface area contributed by atoms with Crippen molar-refractivity contribution in [3.63, 3.8) is 0 Å². The number of nitrogens with one attached hydrogen (secondary N) is 1. The molecule has 0 aliphatic carbocycles. The summed E-state index contributed by atoms with van der Waals surface area (Å²) >= 11 is 6.21. The Kier molecular flexibility index (Phi) is 5.80. The molecule has 124 valence electrons. The van der Waals surface area contributed by atoms with E-state index in [0.29, 0.717) is 30.2 Å². The minimum absolute atomic E-state index is 0.0537. The minimum atomic E-state index is -0.0537. The summed E-state index contributed by atoms with van der Waals surface area (Å²) in [5.74, 6) is 0.734. The maximum atomic E-state index is 12.1. The van der Waals surface area contributed by atoms with Crippen LogP contribution < -0.4 is 5.32 Å². The van der Waals surface area contributed by atoms with E-state index in [1.54, 1.807) is 0 Å². The molecule has 0 spiro atoms. The van der Waals surface area contributed by atoms with Crippen LogP contribution >= 0.6 is 11.6 Å². The molecule has 0 unspecified atom stereocenters. The van der Waals surface area contributed by atoms with Crippen molar-refractivity contribution in [2.45, 2.75) is 33.7 Å². The van der Waals surface area contributed by atoms with Gasteiger partial charge in [0, 0.05) is 25.6 Å². The zero-order valence-electron chi connectivity index (χ0n) is 13.9. The Labute approximate surface area is 141 Å². The van der Waals surface area contributed by atoms with E-state index >= 15 is 0 Å². The lowest BCUT2D eigenvalue weighted by atomic mass is 10.1. The molecule has 0 aliphatic rings. The van der Waals surface area contributed by atoms with Crippen molar-refractivity contribution in [3.05, 3.63) is 45.8 Å². The van der Waals surface area contributed by atoms with Gasteiger partial charge in [-0.25, -0.2) is 0 Å². The lowest BCUT2D eigenvalue weighted by Gasteiger charge is -2.16. The second-order valence-corrected chi connectivity index (χ2v) is 6.31. The molecule has 1 amide bonds. The first kappa shape index (κ1) is 17.5. The van der Waals surface area contributed by atoms with E-state index in [0.717, 1.165) is 22.6 Å². The van der Waals surface area contributed by atoms with Crippen molar-refractivity contribution in [1.82, 2.24) is 10.1 Å². The third-order valence-corrected chi connectivity index (χ3v) is 3.82. The van der Waals surface area contributed by atoms with Crippen LogP contribution in [0.5, 0.6) is 0 Å². The Hall–Kier alpha value is -1.85. The Morgan fingerprint density at radius 1 is 1.30 bits per heavy atom. The predicted molar refractivity (Wildman–Crippen MR) is 91.7 cm³/mol. The molecule has 1 aromatic heterocycles. The highest BCUT2D eigenvalue weighted by atomic mass is 35.5. The molecule has 1 N–H and O–H groups in total. The van der Waals surface area contributed by atoms with Crippen molar-refractivity contribution in [2.24, 2.45) is 0 Å². The van der Waals surface area contributed by atoms with Gasteiger partial charge in [-0.05, 0) is 45.0 Å². The Morgan fingerprint density at radius 3 is 2.65 bits per heavy atom. The Morgan fingerprint density at radius 2 is 2.04 bits per heavy atom. The SMILES string of the molecule is Cc1cc(C)c(NC(=O)CCN(C)Cc2cc(C)on2)c(Cl)c1. The summed E-state index contributed by atoms with van der Waals surface area (Å²) in [7, 11) is 1.95. The summed E-state index contributed by atoms with van der Waals surface area (Å²) in [5.41, 5.74) is 3.60. The highest BCUT2D eigenvalue weighted by molar-refractivity contribution is 6.34. The highest BCUT2D eigenvalue weighted by Gasteiger charge is 2.11. The van der Waals surface area contributed by atoms with Gasteiger partial charge in [0.2, 0.25) is 5.91 Å². The molecule has 5 nitrogen and oxygen atoms in total. The zero-order chi connectivity index (χ0) is 17.0. The molecule has 2 rings (SSSR count). The van der Waals surface area contributed by atoms with Crippen molar-refractivity contribution in [2.75, 3.05) is 18.9 Å². The van der Waals surface area contributed by atoms with Crippen molar-refractivity contribution >= 4 is 23.2 Å². The van der Waals surface area contributed by atoms with Gasteiger partial charge in [0.15, 0.2) is 0 Å². The molecule has 1 heterocycles. The van der Waals surface area contributed by atoms with Crippen LogP contribution in [0.1, 0.15) is 29.0 Å². The topological polar surface area (TPSA) is 58.4 Å². The standard InChI is InChI=1S/C17H22ClN3O2/c1-11-7-12(2)17(15(18)8-11)19-16(22)5-6-21(4)10-14-9-13(3)23-20-14/h7-9H,5-6,10H2,1-4H3,(H,19,22). The van der Waals surface area contributed by atoms with Crippen molar-refractivity contribution < 1.29 is 9.32 Å². The lowest BCUT2D eigenvalue weighted by Crippen LogP contribution is -2.24. The van der Waals surface area contributed by atoms with E-state index in [4.69, 9.17) is 16.1 Å². The molecule has 6 heteroatoms. The maximum absolute atomic E-state index is 12.1. The van der Waals surface area contributed by atoms with Gasteiger partial charge in [0.25, 0.3) is 0 Å². The second kappa shape index (κ2) is 7.62. The van der Waals surface area contributed by atoms with E-state index < -0.39 is 0 Å². The van der Waals surface area contributed by atoms with Crippen LogP contribution in [-0.4, -0.2) is 29.6 Å². The average molecular weight is 336 g/mol. The number of amides is 1. The largest absolute Gasteiger partial charge is 0.361 e. The number of hydrogen-bond donors (Lipinski definition) is 1. The van der Waals surface area contributed by atoms with Crippen molar-refractivity contribution in [3.8, 4) is 0 Å². The van der Waals surface area contributed by atoms with E-state index in [-0.39, 0.29) is 5.91 Å². The van der Waals surface area contributed by atoms with Gasteiger partial charge in [-0.15, -0.1) is 0 Å². The van der Waals surface area contributed by atoms with E-state index in [1.807, 2.05) is 50.9 Å². The van der Waals surface area contributed by atoms with Crippen LogP contribution in [0.25, 0.3) is 0 Å². The van der Waals surface area contributed by atoms with Crippen molar-refractivity contribution in [1.29, 1.82) is 0 Å². The van der Waals surface area contributed by atoms with E-state index in [9.17, 15) is 4.79 Å². The fourth-order valence-electron chi connectivity index (χ4n) is 2.42. The van der Waals surface area contributed by atoms with Crippen LogP contribution in [0.3, 0.4) is 0 Å². The third kappa shape index (κ3) is 5.08. The fraction of sp³-hybridized carbons (Fsp3) is 0.412. The summed E-state index contributed by atoms with van der Waals surface area (Å²) in [4.78, 5) is 14.2. The molecule has 23 heavy (non-hydrogen) atoms.